The molecular formula is C27H33N3O3S. The van der Waals surface area contributed by atoms with Crippen LogP contribution >= 0.6 is 11.3 Å². The van der Waals surface area contributed by atoms with Gasteiger partial charge in [-0.05, 0) is 55.7 Å². The SMILES string of the molecule is COCCCN(CC(=O)N(Cc1ccccc1)Cc1ccc(C)s1)C(=O)Nc1cccc(C)c1. The maximum absolute atomic E-state index is 13.5. The smallest absolute Gasteiger partial charge is 0.322 e. The molecule has 1 N–H and O–H groups in total. The zero-order valence-electron chi connectivity index (χ0n) is 20.1. The topological polar surface area (TPSA) is 61.9 Å². The number of methoxy groups -OCH3 is 1. The Morgan fingerprint density at radius 3 is 2.41 bits per heavy atom. The molecule has 0 radical (unpaired) electrons. The lowest BCUT2D eigenvalue weighted by Gasteiger charge is -2.28. The Balaban J connectivity index is 1.75. The van der Waals surface area contributed by atoms with Gasteiger partial charge in [0.2, 0.25) is 5.91 Å². The van der Waals surface area contributed by atoms with Gasteiger partial charge >= 0.3 is 6.03 Å². The zero-order valence-corrected chi connectivity index (χ0v) is 20.9. The van der Waals surface area contributed by atoms with Crippen molar-refractivity contribution in [2.45, 2.75) is 33.4 Å². The molecular weight excluding hydrogens is 446 g/mol. The van der Waals surface area contributed by atoms with E-state index < -0.39 is 0 Å². The van der Waals surface area contributed by atoms with Crippen molar-refractivity contribution >= 4 is 29.0 Å². The number of aryl methyl sites for hydroxylation is 2. The minimum Gasteiger partial charge on any atom is -0.385 e. The van der Waals surface area contributed by atoms with E-state index in [9.17, 15) is 9.59 Å². The molecule has 0 saturated carbocycles. The number of urea groups is 1. The van der Waals surface area contributed by atoms with Gasteiger partial charge in [0.25, 0.3) is 0 Å². The second kappa shape index (κ2) is 12.9. The van der Waals surface area contributed by atoms with Crippen LogP contribution in [0.2, 0.25) is 0 Å². The van der Waals surface area contributed by atoms with Crippen LogP contribution in [-0.4, -0.2) is 48.5 Å². The fourth-order valence-corrected chi connectivity index (χ4v) is 4.54. The number of nitrogens with one attached hydrogen (secondary N) is 1. The minimum atomic E-state index is -0.290. The van der Waals surface area contributed by atoms with Crippen LogP contribution < -0.4 is 5.32 Å². The molecule has 0 aliphatic carbocycles. The first kappa shape index (κ1) is 25.5. The van der Waals surface area contributed by atoms with E-state index in [-0.39, 0.29) is 18.5 Å². The molecule has 2 aromatic carbocycles. The number of carbonyl (C=O) groups is 2. The number of ether oxygens (including phenoxy) is 1. The molecule has 0 aliphatic rings. The predicted molar refractivity (Wildman–Crippen MR) is 138 cm³/mol. The van der Waals surface area contributed by atoms with Crippen LogP contribution in [0, 0.1) is 13.8 Å². The van der Waals surface area contributed by atoms with Crippen molar-refractivity contribution in [2.24, 2.45) is 0 Å². The van der Waals surface area contributed by atoms with E-state index in [0.29, 0.717) is 38.3 Å². The summed E-state index contributed by atoms with van der Waals surface area (Å²) in [7, 11) is 1.63. The average Bonchev–Trinajstić information content (AvgIpc) is 3.23. The van der Waals surface area contributed by atoms with E-state index in [2.05, 4.69) is 24.4 Å². The van der Waals surface area contributed by atoms with Gasteiger partial charge < -0.3 is 19.9 Å². The quantitative estimate of drug-likeness (QED) is 0.371. The number of benzene rings is 2. The predicted octanol–water partition coefficient (Wildman–Crippen LogP) is 5.46. The van der Waals surface area contributed by atoms with Crippen molar-refractivity contribution in [3.8, 4) is 0 Å². The Morgan fingerprint density at radius 2 is 1.74 bits per heavy atom. The van der Waals surface area contributed by atoms with Crippen LogP contribution in [0.4, 0.5) is 10.5 Å². The number of rotatable bonds is 11. The molecule has 0 aliphatic heterocycles. The van der Waals surface area contributed by atoms with Crippen LogP contribution in [0.1, 0.15) is 27.3 Å². The molecule has 0 atom stereocenters. The summed E-state index contributed by atoms with van der Waals surface area (Å²) in [5, 5.41) is 2.93. The Hall–Kier alpha value is -3.16. The molecule has 180 valence electrons. The van der Waals surface area contributed by atoms with Crippen LogP contribution in [0.25, 0.3) is 0 Å². The molecule has 34 heavy (non-hydrogen) atoms. The number of thiophene rings is 1. The maximum Gasteiger partial charge on any atom is 0.322 e. The van der Waals surface area contributed by atoms with Gasteiger partial charge in [0, 0.05) is 42.2 Å². The lowest BCUT2D eigenvalue weighted by molar-refractivity contribution is -0.133. The lowest BCUT2D eigenvalue weighted by atomic mass is 10.2. The first-order valence-corrected chi connectivity index (χ1v) is 12.2. The monoisotopic (exact) mass is 479 g/mol. The van der Waals surface area contributed by atoms with Gasteiger partial charge in [0.1, 0.15) is 6.54 Å². The molecule has 0 bridgehead atoms. The van der Waals surface area contributed by atoms with Crippen LogP contribution in [0.3, 0.4) is 0 Å². The molecule has 0 spiro atoms. The molecule has 1 heterocycles. The number of amides is 3. The van der Waals surface area contributed by atoms with Gasteiger partial charge in [-0.3, -0.25) is 4.79 Å². The fourth-order valence-electron chi connectivity index (χ4n) is 3.64. The molecule has 3 amide bonds. The van der Waals surface area contributed by atoms with Gasteiger partial charge in [-0.25, -0.2) is 4.79 Å². The Labute approximate surface area is 206 Å². The van der Waals surface area contributed by atoms with E-state index >= 15 is 0 Å². The van der Waals surface area contributed by atoms with Crippen molar-refractivity contribution in [1.29, 1.82) is 0 Å². The van der Waals surface area contributed by atoms with Gasteiger partial charge in [0.05, 0.1) is 6.54 Å². The van der Waals surface area contributed by atoms with Gasteiger partial charge in [-0.1, -0.05) is 42.5 Å². The first-order valence-electron chi connectivity index (χ1n) is 11.4. The van der Waals surface area contributed by atoms with Crippen LogP contribution in [0.15, 0.2) is 66.7 Å². The summed E-state index contributed by atoms with van der Waals surface area (Å²) in [6.07, 6.45) is 0.647. The fraction of sp³-hybridized carbons (Fsp3) is 0.333. The van der Waals surface area contributed by atoms with Crippen molar-refractivity contribution in [3.05, 3.63) is 87.6 Å². The Bertz CT molecular complexity index is 1070. The lowest BCUT2D eigenvalue weighted by Crippen LogP contribution is -2.44. The number of carbonyl (C=O) groups excluding carboxylic acids is 2. The summed E-state index contributed by atoms with van der Waals surface area (Å²) < 4.78 is 5.17. The van der Waals surface area contributed by atoms with E-state index in [0.717, 1.165) is 16.0 Å². The zero-order chi connectivity index (χ0) is 24.3. The standard InChI is InChI=1S/C27H33N3O3S/c1-21-9-7-12-24(17-21)28-27(32)29(15-8-16-33-3)20-26(31)30(18-23-10-5-4-6-11-23)19-25-14-13-22(2)34-25/h4-7,9-14,17H,8,15-16,18-20H2,1-3H3,(H,28,32). The highest BCUT2D eigenvalue weighted by Crippen LogP contribution is 2.19. The summed E-state index contributed by atoms with van der Waals surface area (Å²) in [5.41, 5.74) is 2.82. The number of hydrogen-bond donors (Lipinski definition) is 1. The number of anilines is 1. The van der Waals surface area contributed by atoms with Crippen LogP contribution in [-0.2, 0) is 22.6 Å². The van der Waals surface area contributed by atoms with E-state index in [1.807, 2.05) is 66.4 Å². The second-order valence-electron chi connectivity index (χ2n) is 8.32. The molecule has 0 saturated heterocycles. The third-order valence-electron chi connectivity index (χ3n) is 5.37. The highest BCUT2D eigenvalue weighted by atomic mass is 32.1. The summed E-state index contributed by atoms with van der Waals surface area (Å²) in [5.74, 6) is -0.0910. The average molecular weight is 480 g/mol. The van der Waals surface area contributed by atoms with E-state index in [1.165, 1.54) is 4.88 Å². The molecule has 7 heteroatoms. The summed E-state index contributed by atoms with van der Waals surface area (Å²) >= 11 is 1.69. The van der Waals surface area contributed by atoms with Crippen molar-refractivity contribution in [1.82, 2.24) is 9.80 Å². The highest BCUT2D eigenvalue weighted by Gasteiger charge is 2.22. The normalized spacial score (nSPS) is 10.7. The molecule has 3 aromatic rings. The highest BCUT2D eigenvalue weighted by molar-refractivity contribution is 7.11. The van der Waals surface area contributed by atoms with Crippen molar-refractivity contribution < 1.29 is 14.3 Å². The Morgan fingerprint density at radius 1 is 0.941 bits per heavy atom. The third kappa shape index (κ3) is 8.01. The van der Waals surface area contributed by atoms with Crippen molar-refractivity contribution in [2.75, 3.05) is 32.1 Å². The minimum absolute atomic E-state index is 0.00143. The molecule has 3 rings (SSSR count). The molecule has 0 fully saturated rings. The third-order valence-corrected chi connectivity index (χ3v) is 6.36. The number of hydrogen-bond acceptors (Lipinski definition) is 4. The van der Waals surface area contributed by atoms with Gasteiger partial charge in [-0.15, -0.1) is 11.3 Å². The summed E-state index contributed by atoms with van der Waals surface area (Å²) in [4.78, 5) is 32.3. The van der Waals surface area contributed by atoms with Gasteiger partial charge in [-0.2, -0.15) is 0 Å². The summed E-state index contributed by atoms with van der Waals surface area (Å²) in [6.45, 7) is 5.98. The number of nitrogens with zero attached hydrogens (tertiary/aromatic N) is 2. The van der Waals surface area contributed by atoms with Crippen molar-refractivity contribution in [3.63, 3.8) is 0 Å². The van der Waals surface area contributed by atoms with Crippen LogP contribution in [0.5, 0.6) is 0 Å². The Kier molecular flexibility index (Phi) is 9.67. The largest absolute Gasteiger partial charge is 0.385 e. The maximum atomic E-state index is 13.5. The van der Waals surface area contributed by atoms with Gasteiger partial charge in [0.15, 0.2) is 0 Å². The second-order valence-corrected chi connectivity index (χ2v) is 9.69. The molecule has 1 aromatic heterocycles. The van der Waals surface area contributed by atoms with E-state index in [4.69, 9.17) is 4.74 Å². The van der Waals surface area contributed by atoms with E-state index in [1.54, 1.807) is 23.3 Å². The molecule has 0 unspecified atom stereocenters. The first-order chi connectivity index (χ1) is 16.4. The summed E-state index contributed by atoms with van der Waals surface area (Å²) in [6, 6.07) is 21.4. The molecule has 6 nitrogen and oxygen atoms in total.